The molecule has 1 amide bonds. The normalized spacial score (nSPS) is 10.8. The van der Waals surface area contributed by atoms with E-state index in [1.807, 2.05) is 32.0 Å². The predicted molar refractivity (Wildman–Crippen MR) is 120 cm³/mol. The van der Waals surface area contributed by atoms with E-state index in [0.29, 0.717) is 23.8 Å². The molecule has 7 nitrogen and oxygen atoms in total. The van der Waals surface area contributed by atoms with Gasteiger partial charge in [-0.25, -0.2) is 4.98 Å². The quantitative estimate of drug-likeness (QED) is 0.423. The summed E-state index contributed by atoms with van der Waals surface area (Å²) in [5.74, 6) is -0.218. The van der Waals surface area contributed by atoms with Crippen LogP contribution in [0.1, 0.15) is 21.5 Å². The molecule has 3 rings (SSSR count). The summed E-state index contributed by atoms with van der Waals surface area (Å²) in [5, 5.41) is 11.5. The summed E-state index contributed by atoms with van der Waals surface area (Å²) in [4.78, 5) is 31.9. The Labute approximate surface area is 179 Å². The Morgan fingerprint density at radius 3 is 2.31 bits per heavy atom. The number of aryl methyl sites for hydroxylation is 2. The van der Waals surface area contributed by atoms with E-state index >= 15 is 0 Å². The van der Waals surface area contributed by atoms with Crippen molar-refractivity contribution in [2.24, 2.45) is 0 Å². The van der Waals surface area contributed by atoms with Gasteiger partial charge in [0.05, 0.1) is 15.1 Å². The SMILES string of the molecule is Cc1cc2nc(N(CCN(C)C)C(=O)c3ccc([N+](=O)[O-])cc3)sc2cc1C.Cl. The van der Waals surface area contributed by atoms with E-state index in [1.54, 1.807) is 4.90 Å². The zero-order chi connectivity index (χ0) is 20.4. The summed E-state index contributed by atoms with van der Waals surface area (Å²) in [7, 11) is 3.89. The van der Waals surface area contributed by atoms with Crippen LogP contribution in [0.5, 0.6) is 0 Å². The number of thiazole rings is 1. The van der Waals surface area contributed by atoms with Crippen molar-refractivity contribution >= 4 is 50.7 Å². The number of hydrogen-bond acceptors (Lipinski definition) is 6. The molecule has 2 aromatic carbocycles. The number of aromatic nitrogens is 1. The van der Waals surface area contributed by atoms with Gasteiger partial charge in [0.15, 0.2) is 5.13 Å². The second-order valence-corrected chi connectivity index (χ2v) is 7.97. The van der Waals surface area contributed by atoms with E-state index in [9.17, 15) is 14.9 Å². The Hall–Kier alpha value is -2.55. The van der Waals surface area contributed by atoms with Crippen LogP contribution >= 0.6 is 23.7 Å². The Morgan fingerprint density at radius 2 is 1.72 bits per heavy atom. The third kappa shape index (κ3) is 5.09. The minimum Gasteiger partial charge on any atom is -0.308 e. The topological polar surface area (TPSA) is 79.6 Å². The molecule has 1 aromatic heterocycles. The van der Waals surface area contributed by atoms with Gasteiger partial charge < -0.3 is 4.90 Å². The second-order valence-electron chi connectivity index (χ2n) is 6.96. The van der Waals surface area contributed by atoms with Gasteiger partial charge >= 0.3 is 0 Å². The van der Waals surface area contributed by atoms with Crippen molar-refractivity contribution in [2.45, 2.75) is 13.8 Å². The minimum absolute atomic E-state index is 0. The maximum Gasteiger partial charge on any atom is 0.269 e. The van der Waals surface area contributed by atoms with E-state index in [4.69, 9.17) is 0 Å². The Balaban J connectivity index is 0.00000300. The van der Waals surface area contributed by atoms with E-state index in [1.165, 1.54) is 41.2 Å². The van der Waals surface area contributed by atoms with Crippen LogP contribution in [0.4, 0.5) is 10.8 Å². The number of anilines is 1. The van der Waals surface area contributed by atoms with Crippen LogP contribution in [0, 0.1) is 24.0 Å². The first-order valence-corrected chi connectivity index (χ1v) is 9.67. The summed E-state index contributed by atoms with van der Waals surface area (Å²) >= 11 is 1.48. The number of halogens is 1. The largest absolute Gasteiger partial charge is 0.308 e. The lowest BCUT2D eigenvalue weighted by atomic mass is 10.1. The van der Waals surface area contributed by atoms with Gasteiger partial charge in [-0.15, -0.1) is 12.4 Å². The van der Waals surface area contributed by atoms with Gasteiger partial charge in [-0.05, 0) is 63.3 Å². The highest BCUT2D eigenvalue weighted by Gasteiger charge is 2.22. The third-order valence-electron chi connectivity index (χ3n) is 4.56. The molecular weight excluding hydrogens is 412 g/mol. The van der Waals surface area contributed by atoms with Gasteiger partial charge in [0.1, 0.15) is 0 Å². The van der Waals surface area contributed by atoms with Crippen molar-refractivity contribution in [3.63, 3.8) is 0 Å². The highest BCUT2D eigenvalue weighted by molar-refractivity contribution is 7.22. The lowest BCUT2D eigenvalue weighted by Crippen LogP contribution is -2.36. The van der Waals surface area contributed by atoms with Gasteiger partial charge in [0.2, 0.25) is 0 Å². The first-order valence-electron chi connectivity index (χ1n) is 8.85. The lowest BCUT2D eigenvalue weighted by molar-refractivity contribution is -0.384. The molecule has 0 radical (unpaired) electrons. The number of fused-ring (bicyclic) bond motifs is 1. The highest BCUT2D eigenvalue weighted by Crippen LogP contribution is 2.31. The van der Waals surface area contributed by atoms with Crippen molar-refractivity contribution in [3.8, 4) is 0 Å². The first-order chi connectivity index (χ1) is 13.3. The minimum atomic E-state index is -0.476. The molecule has 0 saturated heterocycles. The predicted octanol–water partition coefficient (Wildman–Crippen LogP) is 4.45. The van der Waals surface area contributed by atoms with E-state index in [0.717, 1.165) is 15.8 Å². The average Bonchev–Trinajstić information content (AvgIpc) is 3.04. The molecule has 29 heavy (non-hydrogen) atoms. The number of carbonyl (C=O) groups excluding carboxylic acids is 1. The molecule has 3 aromatic rings. The highest BCUT2D eigenvalue weighted by atomic mass is 35.5. The van der Waals surface area contributed by atoms with Crippen molar-refractivity contribution in [2.75, 3.05) is 32.1 Å². The van der Waals surface area contributed by atoms with Crippen molar-refractivity contribution in [1.29, 1.82) is 0 Å². The summed E-state index contributed by atoms with van der Waals surface area (Å²) in [6, 6.07) is 9.80. The van der Waals surface area contributed by atoms with Crippen LogP contribution in [0.2, 0.25) is 0 Å². The molecule has 1 heterocycles. The zero-order valence-corrected chi connectivity index (χ0v) is 18.3. The number of rotatable bonds is 6. The van der Waals surface area contributed by atoms with Crippen LogP contribution in [-0.4, -0.2) is 47.9 Å². The summed E-state index contributed by atoms with van der Waals surface area (Å²) < 4.78 is 1.03. The molecule has 0 aliphatic heterocycles. The second kappa shape index (κ2) is 9.30. The molecule has 0 fully saturated rings. The maximum atomic E-state index is 13.2. The van der Waals surface area contributed by atoms with Crippen LogP contribution < -0.4 is 4.90 Å². The van der Waals surface area contributed by atoms with Crippen LogP contribution in [0.3, 0.4) is 0 Å². The molecule has 0 atom stereocenters. The Kier molecular flexibility index (Phi) is 7.29. The molecule has 154 valence electrons. The van der Waals surface area contributed by atoms with Crippen LogP contribution in [0.15, 0.2) is 36.4 Å². The van der Waals surface area contributed by atoms with Crippen LogP contribution in [0.25, 0.3) is 10.2 Å². The monoisotopic (exact) mass is 434 g/mol. The van der Waals surface area contributed by atoms with Gasteiger partial charge in [-0.2, -0.15) is 0 Å². The zero-order valence-electron chi connectivity index (χ0n) is 16.7. The van der Waals surface area contributed by atoms with Crippen LogP contribution in [-0.2, 0) is 0 Å². The molecule has 0 unspecified atom stereocenters. The fraction of sp³-hybridized carbons (Fsp3) is 0.300. The van der Waals surface area contributed by atoms with E-state index in [-0.39, 0.29) is 24.0 Å². The first kappa shape index (κ1) is 22.7. The summed E-state index contributed by atoms with van der Waals surface area (Å²) in [6.45, 7) is 5.24. The van der Waals surface area contributed by atoms with Gasteiger partial charge in [-0.1, -0.05) is 11.3 Å². The summed E-state index contributed by atoms with van der Waals surface area (Å²) in [5.41, 5.74) is 3.57. The fourth-order valence-electron chi connectivity index (χ4n) is 2.75. The number of hydrogen-bond donors (Lipinski definition) is 0. The molecule has 0 saturated carbocycles. The lowest BCUT2D eigenvalue weighted by Gasteiger charge is -2.22. The van der Waals surface area contributed by atoms with Gasteiger partial charge in [0.25, 0.3) is 11.6 Å². The molecule has 0 bridgehead atoms. The number of carbonyl (C=O) groups is 1. The number of likely N-dealkylation sites (N-methyl/N-ethyl adjacent to an activating group) is 1. The number of nitro groups is 1. The smallest absolute Gasteiger partial charge is 0.269 e. The average molecular weight is 435 g/mol. The number of amides is 1. The standard InChI is InChI=1S/C20H22N4O3S.ClH/c1-13-11-17-18(12-14(13)2)28-20(21-17)23(10-9-22(3)4)19(25)15-5-7-16(8-6-15)24(26)27;/h5-8,11-12H,9-10H2,1-4H3;1H. The molecule has 0 N–H and O–H groups in total. The fourth-order valence-corrected chi connectivity index (χ4v) is 3.82. The molecule has 9 heteroatoms. The maximum absolute atomic E-state index is 13.2. The van der Waals surface area contributed by atoms with Gasteiger partial charge in [0, 0.05) is 30.8 Å². The number of nitrogens with zero attached hydrogens (tertiary/aromatic N) is 4. The van der Waals surface area contributed by atoms with E-state index in [2.05, 4.69) is 18.0 Å². The van der Waals surface area contributed by atoms with E-state index < -0.39 is 4.92 Å². The Morgan fingerprint density at radius 1 is 1.10 bits per heavy atom. The van der Waals surface area contributed by atoms with Crippen molar-refractivity contribution in [1.82, 2.24) is 9.88 Å². The molecule has 0 spiro atoms. The summed E-state index contributed by atoms with van der Waals surface area (Å²) in [6.07, 6.45) is 0. The number of benzene rings is 2. The van der Waals surface area contributed by atoms with Crippen molar-refractivity contribution in [3.05, 3.63) is 63.2 Å². The molecule has 0 aliphatic rings. The van der Waals surface area contributed by atoms with Crippen molar-refractivity contribution < 1.29 is 9.72 Å². The number of non-ortho nitro benzene ring substituents is 1. The molecular formula is C20H23ClN4O3S. The number of nitro benzene ring substituents is 1. The Bertz CT molecular complexity index is 995. The molecule has 0 aliphatic carbocycles. The third-order valence-corrected chi connectivity index (χ3v) is 5.61. The van der Waals surface area contributed by atoms with Gasteiger partial charge in [-0.3, -0.25) is 19.8 Å².